The van der Waals surface area contributed by atoms with Crippen molar-refractivity contribution in [2.24, 2.45) is 0 Å². The average Bonchev–Trinajstić information content (AvgIpc) is 2.24. The lowest BCUT2D eigenvalue weighted by Gasteiger charge is -2.27. The van der Waals surface area contributed by atoms with Gasteiger partial charge in [0.05, 0.1) is 10.6 Å². The highest BCUT2D eigenvalue weighted by Crippen LogP contribution is 2.29. The van der Waals surface area contributed by atoms with E-state index >= 15 is 0 Å². The average molecular weight is 298 g/mol. The fourth-order valence-electron chi connectivity index (χ4n) is 2.16. The molecular formula is C14H22N2O5. The highest BCUT2D eigenvalue weighted by atomic mass is 16.7. The number of allylic oxidation sites excluding steroid dienone is 2. The second kappa shape index (κ2) is 6.15. The third kappa shape index (κ3) is 4.21. The smallest absolute Gasteiger partial charge is 0.429 e. The summed E-state index contributed by atoms with van der Waals surface area (Å²) in [6.07, 6.45) is -1.42. The molecule has 0 fully saturated rings. The number of nitrogens with zero attached hydrogens (tertiary/aromatic N) is 1. The lowest BCUT2D eigenvalue weighted by atomic mass is 9.97. The number of carbonyl (C=O) groups excluding carboxylic acids is 1. The molecule has 0 bridgehead atoms. The van der Waals surface area contributed by atoms with Gasteiger partial charge in [0, 0.05) is 5.70 Å². The minimum Gasteiger partial charge on any atom is -0.429 e. The summed E-state index contributed by atoms with van der Waals surface area (Å²) in [6, 6.07) is 0. The largest absolute Gasteiger partial charge is 0.509 e. The minimum atomic E-state index is -1.03. The van der Waals surface area contributed by atoms with Gasteiger partial charge in [-0.2, -0.15) is 0 Å². The van der Waals surface area contributed by atoms with Gasteiger partial charge in [-0.25, -0.2) is 4.79 Å². The normalized spacial score (nSPS) is 19.2. The van der Waals surface area contributed by atoms with Crippen molar-refractivity contribution < 1.29 is 19.2 Å². The van der Waals surface area contributed by atoms with Crippen LogP contribution in [0.5, 0.6) is 0 Å². The Labute approximate surface area is 124 Å². The molecule has 0 aromatic heterocycles. The van der Waals surface area contributed by atoms with Crippen molar-refractivity contribution in [2.75, 3.05) is 0 Å². The van der Waals surface area contributed by atoms with Crippen molar-refractivity contribution in [1.82, 2.24) is 5.32 Å². The van der Waals surface area contributed by atoms with E-state index in [4.69, 9.17) is 9.47 Å². The Morgan fingerprint density at radius 3 is 2.33 bits per heavy atom. The molecule has 0 saturated carbocycles. The summed E-state index contributed by atoms with van der Waals surface area (Å²) in [5.74, 6) is 0. The van der Waals surface area contributed by atoms with Crippen LogP contribution in [0.1, 0.15) is 48.0 Å². The highest BCUT2D eigenvalue weighted by molar-refractivity contribution is 5.62. The van der Waals surface area contributed by atoms with Crippen LogP contribution < -0.4 is 5.32 Å². The lowest BCUT2D eigenvalue weighted by Crippen LogP contribution is -2.37. The van der Waals surface area contributed by atoms with Crippen LogP contribution in [0.15, 0.2) is 22.7 Å². The molecule has 0 aliphatic carbocycles. The number of ether oxygens (including phenoxy) is 2. The molecule has 1 rings (SSSR count). The molecule has 21 heavy (non-hydrogen) atoms. The third-order valence-corrected chi connectivity index (χ3v) is 2.99. The number of nitro groups is 1. The van der Waals surface area contributed by atoms with E-state index in [-0.39, 0.29) is 5.70 Å². The van der Waals surface area contributed by atoms with Crippen LogP contribution in [0, 0.1) is 10.1 Å². The molecule has 1 unspecified atom stereocenters. The standard InChI is InChI=1S/C14H22N2O5/c1-7-10-8(2)15-9(3)11(16(18)19)12(10)20-13(17)21-14(4,5)6/h12,15H,7H2,1-6H3. The lowest BCUT2D eigenvalue weighted by molar-refractivity contribution is -0.436. The van der Waals surface area contributed by atoms with Gasteiger partial charge in [0.15, 0.2) is 0 Å². The fraction of sp³-hybridized carbons (Fsp3) is 0.643. The van der Waals surface area contributed by atoms with Gasteiger partial charge in [0.1, 0.15) is 5.60 Å². The van der Waals surface area contributed by atoms with E-state index in [1.807, 2.05) is 6.92 Å². The molecule has 1 N–H and O–H groups in total. The zero-order chi connectivity index (χ0) is 16.4. The quantitative estimate of drug-likeness (QED) is 0.489. The molecule has 1 atom stereocenters. The monoisotopic (exact) mass is 298 g/mol. The van der Waals surface area contributed by atoms with Gasteiger partial charge in [0.2, 0.25) is 6.10 Å². The van der Waals surface area contributed by atoms with E-state index in [1.54, 1.807) is 34.6 Å². The van der Waals surface area contributed by atoms with Gasteiger partial charge in [-0.3, -0.25) is 10.1 Å². The van der Waals surface area contributed by atoms with Gasteiger partial charge in [0.25, 0.3) is 0 Å². The van der Waals surface area contributed by atoms with Crippen LogP contribution in [0.3, 0.4) is 0 Å². The molecule has 0 spiro atoms. The van der Waals surface area contributed by atoms with Crippen molar-refractivity contribution in [2.45, 2.75) is 59.7 Å². The molecule has 7 nitrogen and oxygen atoms in total. The number of dihydropyridines is 1. The Morgan fingerprint density at radius 1 is 1.33 bits per heavy atom. The Hall–Kier alpha value is -2.05. The summed E-state index contributed by atoms with van der Waals surface area (Å²) in [5, 5.41) is 14.2. The van der Waals surface area contributed by atoms with E-state index in [0.717, 1.165) is 5.70 Å². The van der Waals surface area contributed by atoms with Crippen molar-refractivity contribution >= 4 is 6.16 Å². The Morgan fingerprint density at radius 2 is 1.90 bits per heavy atom. The van der Waals surface area contributed by atoms with E-state index < -0.39 is 22.8 Å². The fourth-order valence-corrected chi connectivity index (χ4v) is 2.16. The molecule has 7 heteroatoms. The zero-order valence-electron chi connectivity index (χ0n) is 13.3. The van der Waals surface area contributed by atoms with E-state index in [2.05, 4.69) is 5.32 Å². The van der Waals surface area contributed by atoms with Crippen molar-refractivity contribution in [3.8, 4) is 0 Å². The maximum atomic E-state index is 11.8. The molecule has 1 aliphatic rings. The molecule has 0 amide bonds. The molecule has 1 aliphatic heterocycles. The van der Waals surface area contributed by atoms with E-state index in [1.165, 1.54) is 0 Å². The summed E-state index contributed by atoms with van der Waals surface area (Å²) in [5.41, 5.74) is 0.904. The maximum absolute atomic E-state index is 11.8. The highest BCUT2D eigenvalue weighted by Gasteiger charge is 2.39. The first-order chi connectivity index (χ1) is 9.56. The van der Waals surface area contributed by atoms with Gasteiger partial charge in [-0.15, -0.1) is 0 Å². The Bertz CT molecular complexity index is 514. The zero-order valence-corrected chi connectivity index (χ0v) is 13.3. The molecule has 0 aromatic rings. The molecule has 0 aromatic carbocycles. The number of hydrogen-bond acceptors (Lipinski definition) is 6. The van der Waals surface area contributed by atoms with E-state index in [9.17, 15) is 14.9 Å². The number of hydrogen-bond donors (Lipinski definition) is 1. The molecule has 1 heterocycles. The summed E-state index contributed by atoms with van der Waals surface area (Å²) >= 11 is 0. The Balaban J connectivity index is 3.09. The predicted molar refractivity (Wildman–Crippen MR) is 76.9 cm³/mol. The summed E-state index contributed by atoms with van der Waals surface area (Å²) in [7, 11) is 0. The first kappa shape index (κ1) is 17.0. The third-order valence-electron chi connectivity index (χ3n) is 2.99. The molecule has 0 radical (unpaired) electrons. The first-order valence-electron chi connectivity index (χ1n) is 6.78. The van der Waals surface area contributed by atoms with Crippen LogP contribution in [0.4, 0.5) is 4.79 Å². The van der Waals surface area contributed by atoms with Gasteiger partial charge in [-0.1, -0.05) is 6.92 Å². The molecular weight excluding hydrogens is 276 g/mol. The summed E-state index contributed by atoms with van der Waals surface area (Å²) in [4.78, 5) is 22.6. The van der Waals surface area contributed by atoms with Crippen LogP contribution in [0.2, 0.25) is 0 Å². The van der Waals surface area contributed by atoms with Crippen molar-refractivity contribution in [3.05, 3.63) is 32.8 Å². The van der Waals surface area contributed by atoms with Crippen molar-refractivity contribution in [1.29, 1.82) is 0 Å². The number of nitrogens with one attached hydrogen (secondary N) is 1. The minimum absolute atomic E-state index is 0.164. The SMILES string of the molecule is CCC1=C(C)NC(C)=C([N+](=O)[O-])C1OC(=O)OC(C)(C)C. The summed E-state index contributed by atoms with van der Waals surface area (Å²) in [6.45, 7) is 10.3. The first-order valence-corrected chi connectivity index (χ1v) is 6.78. The van der Waals surface area contributed by atoms with Crippen LogP contribution in [0.25, 0.3) is 0 Å². The van der Waals surface area contributed by atoms with Crippen LogP contribution in [-0.2, 0) is 9.47 Å². The number of rotatable bonds is 3. The van der Waals surface area contributed by atoms with E-state index in [0.29, 0.717) is 17.7 Å². The molecule has 118 valence electrons. The van der Waals surface area contributed by atoms with Gasteiger partial charge >= 0.3 is 11.9 Å². The number of carbonyl (C=O) groups is 1. The maximum Gasteiger partial charge on any atom is 0.509 e. The van der Waals surface area contributed by atoms with Crippen molar-refractivity contribution in [3.63, 3.8) is 0 Å². The second-order valence-electron chi connectivity index (χ2n) is 5.86. The van der Waals surface area contributed by atoms with Crippen LogP contribution in [-0.4, -0.2) is 22.8 Å². The van der Waals surface area contributed by atoms with Gasteiger partial charge in [-0.05, 0) is 46.6 Å². The molecule has 0 saturated heterocycles. The van der Waals surface area contributed by atoms with Crippen LogP contribution >= 0.6 is 0 Å². The second-order valence-corrected chi connectivity index (χ2v) is 5.86. The van der Waals surface area contributed by atoms with Gasteiger partial charge < -0.3 is 14.8 Å². The Kier molecular flexibility index (Phi) is 4.98. The summed E-state index contributed by atoms with van der Waals surface area (Å²) < 4.78 is 10.3. The topological polar surface area (TPSA) is 90.7 Å². The predicted octanol–water partition coefficient (Wildman–Crippen LogP) is 3.10.